The molecule has 0 aliphatic heterocycles. The molecular weight excluding hydrogens is 320 g/mol. The maximum atomic E-state index is 12.7. The van der Waals surface area contributed by atoms with E-state index in [-0.39, 0.29) is 11.2 Å². The number of hydrogen-bond donors (Lipinski definition) is 1. The fraction of sp³-hybridized carbons (Fsp3) is 0.500. The minimum atomic E-state index is -1.23. The lowest BCUT2D eigenvalue weighted by Gasteiger charge is -2.24. The Kier molecular flexibility index (Phi) is 5.11. The second-order valence-electron chi connectivity index (χ2n) is 6.55. The van der Waals surface area contributed by atoms with Crippen LogP contribution in [0.5, 0.6) is 5.75 Å². The van der Waals surface area contributed by atoms with E-state index in [9.17, 15) is 14.7 Å². The van der Waals surface area contributed by atoms with Gasteiger partial charge in [-0.15, -0.1) is 0 Å². The maximum absolute atomic E-state index is 12.7. The Labute approximate surface area is 146 Å². The summed E-state index contributed by atoms with van der Waals surface area (Å²) in [7, 11) is 0. The molecule has 0 saturated carbocycles. The van der Waals surface area contributed by atoms with Gasteiger partial charge in [-0.1, -0.05) is 20.3 Å². The maximum Gasteiger partial charge on any atom is 0.371 e. The largest absolute Gasteiger partial charge is 0.492 e. The SMILES string of the molecule is CCCOc1c2c(c(CCC)c3oc(C(=O)O)cc(=O)c13)CCCC2. The van der Waals surface area contributed by atoms with Crippen LogP contribution in [-0.2, 0) is 19.3 Å². The monoisotopic (exact) mass is 344 g/mol. The third-order valence-corrected chi connectivity index (χ3v) is 4.72. The Bertz CT molecular complexity index is 863. The molecule has 0 atom stereocenters. The molecule has 25 heavy (non-hydrogen) atoms. The quantitative estimate of drug-likeness (QED) is 0.853. The molecule has 134 valence electrons. The number of fused-ring (bicyclic) bond motifs is 2. The Morgan fingerprint density at radius 3 is 2.56 bits per heavy atom. The number of ether oxygens (including phenoxy) is 1. The second kappa shape index (κ2) is 7.30. The number of hydrogen-bond acceptors (Lipinski definition) is 4. The summed E-state index contributed by atoms with van der Waals surface area (Å²) in [5.41, 5.74) is 3.36. The van der Waals surface area contributed by atoms with E-state index in [1.165, 1.54) is 5.56 Å². The fourth-order valence-electron chi connectivity index (χ4n) is 3.68. The van der Waals surface area contributed by atoms with Crippen LogP contribution in [0.4, 0.5) is 0 Å². The molecule has 0 spiro atoms. The fourth-order valence-corrected chi connectivity index (χ4v) is 3.68. The molecule has 0 radical (unpaired) electrons. The predicted octanol–water partition coefficient (Wildman–Crippen LogP) is 4.11. The van der Waals surface area contributed by atoms with Crippen molar-refractivity contribution >= 4 is 16.9 Å². The normalized spacial score (nSPS) is 13.7. The summed E-state index contributed by atoms with van der Waals surface area (Å²) in [4.78, 5) is 24.1. The van der Waals surface area contributed by atoms with Crippen molar-refractivity contribution < 1.29 is 19.1 Å². The second-order valence-corrected chi connectivity index (χ2v) is 6.55. The van der Waals surface area contributed by atoms with E-state index < -0.39 is 5.97 Å². The van der Waals surface area contributed by atoms with Crippen molar-refractivity contribution in [2.75, 3.05) is 6.61 Å². The highest BCUT2D eigenvalue weighted by Gasteiger charge is 2.26. The highest BCUT2D eigenvalue weighted by atomic mass is 16.5. The van der Waals surface area contributed by atoms with Gasteiger partial charge in [0, 0.05) is 6.07 Å². The zero-order valence-corrected chi connectivity index (χ0v) is 14.8. The predicted molar refractivity (Wildman–Crippen MR) is 95.9 cm³/mol. The summed E-state index contributed by atoms with van der Waals surface area (Å²) < 4.78 is 11.7. The van der Waals surface area contributed by atoms with Crippen LogP contribution < -0.4 is 10.2 Å². The average molecular weight is 344 g/mol. The minimum absolute atomic E-state index is 0.313. The zero-order valence-electron chi connectivity index (χ0n) is 14.8. The number of carbonyl (C=O) groups is 1. The van der Waals surface area contributed by atoms with E-state index in [1.807, 2.05) is 6.92 Å². The molecule has 0 amide bonds. The van der Waals surface area contributed by atoms with E-state index in [0.717, 1.165) is 62.1 Å². The lowest BCUT2D eigenvalue weighted by Crippen LogP contribution is -2.16. The minimum Gasteiger partial charge on any atom is -0.492 e. The summed E-state index contributed by atoms with van der Waals surface area (Å²) in [6.45, 7) is 4.61. The van der Waals surface area contributed by atoms with E-state index in [2.05, 4.69) is 6.92 Å². The standard InChI is InChI=1S/C20H24O5/c1-3-7-13-12-8-5-6-9-14(12)18(24-10-4-2)17-15(21)11-16(20(22)23)25-19(13)17/h11H,3-10H2,1-2H3,(H,22,23). The smallest absolute Gasteiger partial charge is 0.371 e. The van der Waals surface area contributed by atoms with Gasteiger partial charge in [-0.25, -0.2) is 4.79 Å². The third-order valence-electron chi connectivity index (χ3n) is 4.72. The molecule has 3 rings (SSSR count). The Hall–Kier alpha value is -2.30. The van der Waals surface area contributed by atoms with Gasteiger partial charge >= 0.3 is 5.97 Å². The van der Waals surface area contributed by atoms with Gasteiger partial charge in [-0.05, 0) is 55.2 Å². The van der Waals surface area contributed by atoms with Gasteiger partial charge in [0.2, 0.25) is 5.76 Å². The van der Waals surface area contributed by atoms with Crippen molar-refractivity contribution in [3.63, 3.8) is 0 Å². The molecule has 5 heteroatoms. The Balaban J connectivity index is 2.41. The number of carboxylic acids is 1. The van der Waals surface area contributed by atoms with Gasteiger partial charge in [0.25, 0.3) is 0 Å². The van der Waals surface area contributed by atoms with Gasteiger partial charge in [-0.2, -0.15) is 0 Å². The first kappa shape index (κ1) is 17.5. The molecule has 0 bridgehead atoms. The van der Waals surface area contributed by atoms with Crippen LogP contribution in [0.3, 0.4) is 0 Å². The van der Waals surface area contributed by atoms with Crippen LogP contribution in [-0.4, -0.2) is 17.7 Å². The first-order chi connectivity index (χ1) is 12.1. The lowest BCUT2D eigenvalue weighted by molar-refractivity contribution is 0.0663. The van der Waals surface area contributed by atoms with Crippen LogP contribution in [0.25, 0.3) is 11.0 Å². The zero-order chi connectivity index (χ0) is 18.0. The molecule has 1 aliphatic carbocycles. The van der Waals surface area contributed by atoms with Gasteiger partial charge in [-0.3, -0.25) is 4.79 Å². The van der Waals surface area contributed by atoms with E-state index in [4.69, 9.17) is 9.15 Å². The highest BCUT2D eigenvalue weighted by molar-refractivity contribution is 5.93. The number of aryl methyl sites for hydroxylation is 1. The van der Waals surface area contributed by atoms with Crippen molar-refractivity contribution in [2.24, 2.45) is 0 Å². The van der Waals surface area contributed by atoms with Gasteiger partial charge in [0.15, 0.2) is 5.43 Å². The molecule has 1 heterocycles. The van der Waals surface area contributed by atoms with E-state index >= 15 is 0 Å². The molecule has 1 N–H and O–H groups in total. The first-order valence-corrected chi connectivity index (χ1v) is 9.09. The van der Waals surface area contributed by atoms with Crippen molar-refractivity contribution in [3.8, 4) is 5.75 Å². The average Bonchev–Trinajstić information content (AvgIpc) is 2.61. The van der Waals surface area contributed by atoms with Crippen molar-refractivity contribution in [3.05, 3.63) is 38.7 Å². The van der Waals surface area contributed by atoms with Crippen molar-refractivity contribution in [2.45, 2.75) is 58.8 Å². The molecule has 1 aromatic heterocycles. The molecular formula is C20H24O5. The van der Waals surface area contributed by atoms with Crippen LogP contribution in [0.15, 0.2) is 15.3 Å². The van der Waals surface area contributed by atoms with Crippen LogP contribution in [0.2, 0.25) is 0 Å². The molecule has 0 fully saturated rings. The van der Waals surface area contributed by atoms with E-state index in [0.29, 0.717) is 23.3 Å². The summed E-state index contributed by atoms with van der Waals surface area (Å²) in [5, 5.41) is 9.68. The first-order valence-electron chi connectivity index (χ1n) is 9.09. The summed E-state index contributed by atoms with van der Waals surface area (Å²) in [6.07, 6.45) is 6.48. The number of rotatable bonds is 6. The summed E-state index contributed by atoms with van der Waals surface area (Å²) in [5.74, 6) is -0.931. The molecule has 0 saturated heterocycles. The van der Waals surface area contributed by atoms with Crippen molar-refractivity contribution in [1.82, 2.24) is 0 Å². The molecule has 2 aromatic rings. The van der Waals surface area contributed by atoms with Crippen LogP contribution in [0.1, 0.15) is 66.8 Å². The number of benzene rings is 1. The summed E-state index contributed by atoms with van der Waals surface area (Å²) >= 11 is 0. The summed E-state index contributed by atoms with van der Waals surface area (Å²) in [6, 6.07) is 1.06. The van der Waals surface area contributed by atoms with Gasteiger partial charge in [0.1, 0.15) is 16.7 Å². The number of carboxylic acid groups (broad SMARTS) is 1. The Morgan fingerprint density at radius 1 is 1.20 bits per heavy atom. The lowest BCUT2D eigenvalue weighted by atomic mass is 9.84. The third kappa shape index (κ3) is 3.15. The van der Waals surface area contributed by atoms with Crippen LogP contribution >= 0.6 is 0 Å². The molecule has 1 aliphatic rings. The van der Waals surface area contributed by atoms with Gasteiger partial charge in [0.05, 0.1) is 6.61 Å². The van der Waals surface area contributed by atoms with Gasteiger partial charge < -0.3 is 14.3 Å². The molecule has 1 aromatic carbocycles. The highest BCUT2D eigenvalue weighted by Crippen LogP contribution is 2.39. The number of aromatic carboxylic acids is 1. The molecule has 0 unspecified atom stereocenters. The van der Waals surface area contributed by atoms with Crippen LogP contribution in [0, 0.1) is 0 Å². The topological polar surface area (TPSA) is 76.7 Å². The molecule has 5 nitrogen and oxygen atoms in total. The Morgan fingerprint density at radius 2 is 1.92 bits per heavy atom. The van der Waals surface area contributed by atoms with Crippen molar-refractivity contribution in [1.29, 1.82) is 0 Å². The van der Waals surface area contributed by atoms with E-state index in [1.54, 1.807) is 0 Å².